The van der Waals surface area contributed by atoms with Gasteiger partial charge < -0.3 is 22.1 Å². The van der Waals surface area contributed by atoms with Gasteiger partial charge in [0.1, 0.15) is 0 Å². The highest BCUT2D eigenvalue weighted by atomic mass is 32.1. The molecule has 0 aromatic rings. The molecule has 5 nitrogen and oxygen atoms in total. The highest BCUT2D eigenvalue weighted by Crippen LogP contribution is 2.14. The van der Waals surface area contributed by atoms with Crippen LogP contribution in [0.1, 0.15) is 6.42 Å². The maximum absolute atomic E-state index is 5.20. The predicted molar refractivity (Wildman–Crippen MR) is 81.6 cm³/mol. The quantitative estimate of drug-likeness (QED) is 0.549. The molecule has 0 radical (unpaired) electrons. The van der Waals surface area contributed by atoms with Crippen LogP contribution < -0.4 is 0 Å². The monoisotopic (exact) mass is 316 g/mol. The van der Waals surface area contributed by atoms with Crippen molar-refractivity contribution in [2.75, 3.05) is 41.3 Å². The van der Waals surface area contributed by atoms with Gasteiger partial charge in [-0.25, -0.2) is 0 Å². The molecule has 18 heavy (non-hydrogen) atoms. The van der Waals surface area contributed by atoms with E-state index in [-0.39, 0.29) is 0 Å². The molecule has 0 atom stereocenters. The Labute approximate surface area is 119 Å². The minimum Gasteiger partial charge on any atom is -0.398 e. The predicted octanol–water partition coefficient (Wildman–Crippen LogP) is 2.17. The van der Waals surface area contributed by atoms with Crippen LogP contribution in [0.3, 0.4) is 0 Å². The van der Waals surface area contributed by atoms with Gasteiger partial charge in [-0.05, 0) is 25.3 Å². The molecule has 0 aliphatic rings. The SMILES string of the molecule is CO[Si](C)(C)OC.CO[Si](CCCS)(OC)OC. The molecular weight excluding hydrogens is 288 g/mol. The van der Waals surface area contributed by atoms with E-state index in [2.05, 4.69) is 12.6 Å². The molecule has 0 bridgehead atoms. The average molecular weight is 317 g/mol. The van der Waals surface area contributed by atoms with E-state index >= 15 is 0 Å². The zero-order chi connectivity index (χ0) is 14.7. The van der Waals surface area contributed by atoms with Gasteiger partial charge in [-0.2, -0.15) is 12.6 Å². The summed E-state index contributed by atoms with van der Waals surface area (Å²) in [5.74, 6) is 0.838. The van der Waals surface area contributed by atoms with Gasteiger partial charge in [0.25, 0.3) is 0 Å². The molecule has 0 unspecified atom stereocenters. The Morgan fingerprint density at radius 3 is 1.33 bits per heavy atom. The Balaban J connectivity index is 0. The van der Waals surface area contributed by atoms with Crippen molar-refractivity contribution in [1.29, 1.82) is 0 Å². The first-order valence-corrected chi connectivity index (χ1v) is 11.1. The van der Waals surface area contributed by atoms with Gasteiger partial charge in [-0.15, -0.1) is 0 Å². The third-order valence-corrected chi connectivity index (χ3v) is 7.67. The molecule has 0 aliphatic heterocycles. The standard InChI is InChI=1S/C6H16O3SSi.C4H12O2Si/c1-7-11(8-2,9-3)6-4-5-10;1-5-7(3,4)6-2/h10H,4-6H2,1-3H3;1-4H3. The molecule has 0 amide bonds. The Morgan fingerprint density at radius 2 is 1.17 bits per heavy atom. The molecular formula is C10H28O5SSi2. The van der Waals surface area contributed by atoms with E-state index in [1.807, 2.05) is 13.1 Å². The zero-order valence-corrected chi connectivity index (χ0v) is 15.5. The fourth-order valence-corrected chi connectivity index (χ4v) is 3.28. The van der Waals surface area contributed by atoms with E-state index in [1.54, 1.807) is 35.5 Å². The number of rotatable bonds is 8. The molecule has 0 N–H and O–H groups in total. The van der Waals surface area contributed by atoms with Crippen molar-refractivity contribution in [2.24, 2.45) is 0 Å². The summed E-state index contributed by atoms with van der Waals surface area (Å²) in [5, 5.41) is 0. The summed E-state index contributed by atoms with van der Waals surface area (Å²) in [6.45, 7) is 3.99. The van der Waals surface area contributed by atoms with Crippen molar-refractivity contribution in [1.82, 2.24) is 0 Å². The fraction of sp³-hybridized carbons (Fsp3) is 1.00. The second-order valence-corrected chi connectivity index (χ2v) is 11.1. The van der Waals surface area contributed by atoms with E-state index in [0.717, 1.165) is 18.2 Å². The van der Waals surface area contributed by atoms with E-state index in [0.29, 0.717) is 0 Å². The summed E-state index contributed by atoms with van der Waals surface area (Å²) >= 11 is 4.10. The van der Waals surface area contributed by atoms with Crippen LogP contribution in [0, 0.1) is 0 Å². The first kappa shape index (κ1) is 20.9. The average Bonchev–Trinajstić information content (AvgIpc) is 2.42. The van der Waals surface area contributed by atoms with Crippen molar-refractivity contribution in [3.63, 3.8) is 0 Å². The van der Waals surface area contributed by atoms with E-state index in [4.69, 9.17) is 22.1 Å². The summed E-state index contributed by atoms with van der Waals surface area (Å²) in [5.41, 5.74) is 0. The largest absolute Gasteiger partial charge is 0.500 e. The third kappa shape index (κ3) is 9.51. The normalized spacial score (nSPS) is 12.0. The smallest absolute Gasteiger partial charge is 0.398 e. The zero-order valence-electron chi connectivity index (χ0n) is 12.6. The number of thiol groups is 1. The van der Waals surface area contributed by atoms with Crippen molar-refractivity contribution < 1.29 is 22.1 Å². The summed E-state index contributed by atoms with van der Waals surface area (Å²) in [6.07, 6.45) is 0.963. The molecule has 0 saturated carbocycles. The second-order valence-electron chi connectivity index (χ2n) is 3.93. The summed E-state index contributed by atoms with van der Waals surface area (Å²) in [6, 6.07) is 0.833. The van der Waals surface area contributed by atoms with Crippen LogP contribution in [-0.2, 0) is 22.1 Å². The minimum absolute atomic E-state index is 0.833. The first-order valence-electron chi connectivity index (χ1n) is 5.73. The van der Waals surface area contributed by atoms with Crippen LogP contribution in [-0.4, -0.2) is 58.7 Å². The van der Waals surface area contributed by atoms with Gasteiger partial charge in [0, 0.05) is 41.6 Å². The summed E-state index contributed by atoms with van der Waals surface area (Å²) < 4.78 is 25.6. The number of hydrogen-bond donors (Lipinski definition) is 1. The lowest BCUT2D eigenvalue weighted by Gasteiger charge is -2.23. The molecule has 0 rings (SSSR count). The van der Waals surface area contributed by atoms with Gasteiger partial charge in [-0.1, -0.05) is 0 Å². The van der Waals surface area contributed by atoms with Gasteiger partial charge in [0.2, 0.25) is 0 Å². The molecule has 0 heterocycles. The molecule has 0 fully saturated rings. The highest BCUT2D eigenvalue weighted by molar-refractivity contribution is 7.80. The van der Waals surface area contributed by atoms with Crippen LogP contribution in [0.15, 0.2) is 0 Å². The molecule has 8 heteroatoms. The molecule has 0 saturated heterocycles. The van der Waals surface area contributed by atoms with Crippen LogP contribution in [0.4, 0.5) is 0 Å². The molecule has 0 spiro atoms. The molecule has 112 valence electrons. The molecule has 0 aliphatic carbocycles. The number of hydrogen-bond acceptors (Lipinski definition) is 6. The summed E-state index contributed by atoms with van der Waals surface area (Å²) in [7, 11) is 4.28. The topological polar surface area (TPSA) is 46.2 Å². The lowest BCUT2D eigenvalue weighted by atomic mass is 10.6. The maximum Gasteiger partial charge on any atom is 0.500 e. The Morgan fingerprint density at radius 1 is 0.778 bits per heavy atom. The van der Waals surface area contributed by atoms with Crippen molar-refractivity contribution in [3.05, 3.63) is 0 Å². The second kappa shape index (κ2) is 11.4. The fourth-order valence-electron chi connectivity index (χ4n) is 0.935. The van der Waals surface area contributed by atoms with Crippen LogP contribution in [0.25, 0.3) is 0 Å². The minimum atomic E-state index is -2.29. The lowest BCUT2D eigenvalue weighted by Crippen LogP contribution is -2.42. The van der Waals surface area contributed by atoms with E-state index < -0.39 is 17.4 Å². The van der Waals surface area contributed by atoms with Crippen LogP contribution in [0.2, 0.25) is 19.1 Å². The summed E-state index contributed by atoms with van der Waals surface area (Å²) in [4.78, 5) is 0. The van der Waals surface area contributed by atoms with Crippen molar-refractivity contribution >= 4 is 30.0 Å². The van der Waals surface area contributed by atoms with E-state index in [1.165, 1.54) is 0 Å². The Hall–Kier alpha value is 0.584. The van der Waals surface area contributed by atoms with Gasteiger partial charge >= 0.3 is 17.4 Å². The Bertz CT molecular complexity index is 177. The first-order chi connectivity index (χ1) is 8.36. The van der Waals surface area contributed by atoms with Gasteiger partial charge in [0.15, 0.2) is 0 Å². The van der Waals surface area contributed by atoms with E-state index in [9.17, 15) is 0 Å². The molecule has 0 aromatic carbocycles. The van der Waals surface area contributed by atoms with Gasteiger partial charge in [-0.3, -0.25) is 0 Å². The third-order valence-electron chi connectivity index (χ3n) is 2.56. The van der Waals surface area contributed by atoms with Crippen molar-refractivity contribution in [3.8, 4) is 0 Å². The highest BCUT2D eigenvalue weighted by Gasteiger charge is 2.36. The van der Waals surface area contributed by atoms with Crippen molar-refractivity contribution in [2.45, 2.75) is 25.6 Å². The van der Waals surface area contributed by atoms with Gasteiger partial charge in [0.05, 0.1) is 0 Å². The van der Waals surface area contributed by atoms with Crippen LogP contribution >= 0.6 is 12.6 Å². The molecule has 0 aromatic heterocycles. The lowest BCUT2D eigenvalue weighted by molar-refractivity contribution is 0.123. The Kier molecular flexibility index (Phi) is 13.2. The van der Waals surface area contributed by atoms with Crippen LogP contribution in [0.5, 0.6) is 0 Å². The maximum atomic E-state index is 5.20.